The summed E-state index contributed by atoms with van der Waals surface area (Å²) in [6.07, 6.45) is -2.48. The van der Waals surface area contributed by atoms with Gasteiger partial charge in [-0.3, -0.25) is 23.5 Å². The number of ether oxygens (including phenoxy) is 1. The van der Waals surface area contributed by atoms with Crippen molar-refractivity contribution in [2.75, 3.05) is 17.7 Å². The zero-order valence-electron chi connectivity index (χ0n) is 24.3. The van der Waals surface area contributed by atoms with Crippen molar-refractivity contribution < 1.29 is 51.6 Å². The molecule has 3 atom stereocenters. The number of nitrogens with one attached hydrogen (secondary N) is 2. The normalized spacial score (nSPS) is 18.7. The van der Waals surface area contributed by atoms with Crippen LogP contribution in [0.2, 0.25) is 0 Å². The van der Waals surface area contributed by atoms with E-state index in [9.17, 15) is 42.1 Å². The quantitative estimate of drug-likeness (QED) is 0.0784. The minimum Gasteiger partial charge on any atom is -0.477 e. The lowest BCUT2D eigenvalue weighted by atomic mass is 10.0. The van der Waals surface area contributed by atoms with Gasteiger partial charge in [0.2, 0.25) is 13.0 Å². The molecule has 0 saturated carbocycles. The number of hydrogen-bond donors (Lipinski definition) is 3. The van der Waals surface area contributed by atoms with Gasteiger partial charge in [-0.05, 0) is 11.1 Å². The number of amides is 3. The maximum atomic E-state index is 13.4. The van der Waals surface area contributed by atoms with Crippen LogP contribution in [0.5, 0.6) is 0 Å². The number of nitrogens with zero attached hydrogens (tertiary/aromatic N) is 3. The molecule has 1 fully saturated rings. The highest BCUT2D eigenvalue weighted by molar-refractivity contribution is 7.86. The number of halogens is 2. The molecule has 3 aromatic rings. The number of β-lactam (4-membered cyclic amide) rings is 1. The Bertz CT molecular complexity index is 1820. The number of aliphatic carboxylic acids is 1. The number of benzene rings is 2. The molecule has 18 heteroatoms. The van der Waals surface area contributed by atoms with Gasteiger partial charge in [-0.15, -0.1) is 11.3 Å². The second kappa shape index (κ2) is 14.9. The van der Waals surface area contributed by atoms with Gasteiger partial charge < -0.3 is 25.3 Å². The minimum atomic E-state index is -2.25. The number of aromatic nitrogens is 1. The van der Waals surface area contributed by atoms with Crippen molar-refractivity contribution in [3.63, 3.8) is 0 Å². The third kappa shape index (κ3) is 7.34. The fourth-order valence-electron chi connectivity index (χ4n) is 4.86. The number of carboxylic acid groups (broad SMARTS) is 1. The van der Waals surface area contributed by atoms with Crippen molar-refractivity contribution in [1.82, 2.24) is 15.2 Å². The van der Waals surface area contributed by atoms with Crippen LogP contribution in [-0.4, -0.2) is 78.8 Å². The predicted molar refractivity (Wildman–Crippen MR) is 166 cm³/mol. The maximum absolute atomic E-state index is 13.4. The Hall–Kier alpha value is -5.62. The standard InChI is InChI=1S/C30H23F2N5O9S2/c31-20(32)11-18-14-48(44)28-23(27(41)37(28)24(18)29(42)43)35-26(40)22(19-13-47-30(34-19)33-15-38)36-45-12-21(39)46-25(16-7-3-1-4-8-16)17-9-5-2-6-10-17/h1-11,13,15,23,25,28H,12,14H2,(H,35,40)(H,42,43)(H,33,34,38)/b36-22+/t23?,28-,48?/m1/s1. The topological polar surface area (TPSA) is 194 Å². The highest BCUT2D eigenvalue weighted by Crippen LogP contribution is 2.36. The van der Waals surface area contributed by atoms with Gasteiger partial charge in [0.1, 0.15) is 22.8 Å². The van der Waals surface area contributed by atoms with E-state index in [1.165, 1.54) is 5.38 Å². The Labute approximate surface area is 276 Å². The van der Waals surface area contributed by atoms with Gasteiger partial charge in [0.25, 0.3) is 17.9 Å². The number of rotatable bonds is 13. The Morgan fingerprint density at radius 3 is 2.35 bits per heavy atom. The molecule has 0 spiro atoms. The zero-order chi connectivity index (χ0) is 34.4. The Morgan fingerprint density at radius 1 is 1.12 bits per heavy atom. The molecule has 1 saturated heterocycles. The molecule has 2 aromatic carbocycles. The third-order valence-corrected chi connectivity index (χ3v) is 9.25. The van der Waals surface area contributed by atoms with Gasteiger partial charge in [0.05, 0.1) is 16.6 Å². The number of carbonyl (C=O) groups excluding carboxylic acids is 4. The van der Waals surface area contributed by atoms with E-state index in [2.05, 4.69) is 20.8 Å². The molecule has 2 aliphatic rings. The van der Waals surface area contributed by atoms with Crippen molar-refractivity contribution in [2.24, 2.45) is 5.16 Å². The molecule has 3 N–H and O–H groups in total. The van der Waals surface area contributed by atoms with Crippen LogP contribution in [0.3, 0.4) is 0 Å². The monoisotopic (exact) mass is 699 g/mol. The average Bonchev–Trinajstić information content (AvgIpc) is 3.52. The molecule has 0 radical (unpaired) electrons. The maximum Gasteiger partial charge on any atom is 0.352 e. The first kappa shape index (κ1) is 33.7. The van der Waals surface area contributed by atoms with Gasteiger partial charge in [0, 0.05) is 17.0 Å². The van der Waals surface area contributed by atoms with E-state index >= 15 is 0 Å². The van der Waals surface area contributed by atoms with E-state index in [1.807, 2.05) is 0 Å². The minimum absolute atomic E-state index is 0.0599. The molecular weight excluding hydrogens is 676 g/mol. The van der Waals surface area contributed by atoms with E-state index in [1.54, 1.807) is 60.7 Å². The van der Waals surface area contributed by atoms with Crippen LogP contribution >= 0.6 is 11.3 Å². The number of allylic oxidation sites excluding steroid dienone is 1. The molecule has 0 bridgehead atoms. The molecule has 2 unspecified atom stereocenters. The average molecular weight is 700 g/mol. The first-order valence-corrected chi connectivity index (χ1v) is 16.0. The van der Waals surface area contributed by atoms with E-state index in [4.69, 9.17) is 9.57 Å². The first-order valence-electron chi connectivity index (χ1n) is 13.7. The summed E-state index contributed by atoms with van der Waals surface area (Å²) < 4.78 is 44.4. The summed E-state index contributed by atoms with van der Waals surface area (Å²) in [6, 6.07) is 16.3. The number of esters is 1. The summed E-state index contributed by atoms with van der Waals surface area (Å²) in [5.74, 6) is -5.31. The SMILES string of the molecule is O=CNc1nc(/C(=N\OCC(=O)OC(c2ccccc2)c2ccccc2)C(=O)NC2C(=O)N3C(C(=O)O)=C(C=C(F)F)CS(=O)[C@H]23)cs1. The van der Waals surface area contributed by atoms with Crippen LogP contribution in [0, 0.1) is 0 Å². The molecule has 3 heterocycles. The molecule has 3 amide bonds. The van der Waals surface area contributed by atoms with Crippen LogP contribution in [-0.2, 0) is 44.3 Å². The van der Waals surface area contributed by atoms with Gasteiger partial charge in [-0.2, -0.15) is 8.78 Å². The van der Waals surface area contributed by atoms with Crippen LogP contribution < -0.4 is 10.6 Å². The van der Waals surface area contributed by atoms with E-state index in [-0.39, 0.29) is 16.9 Å². The first-order chi connectivity index (χ1) is 23.1. The smallest absolute Gasteiger partial charge is 0.352 e. The van der Waals surface area contributed by atoms with E-state index in [0.29, 0.717) is 22.4 Å². The number of hydrogen-bond acceptors (Lipinski definition) is 11. The second-order valence-corrected chi connectivity index (χ2v) is 12.3. The summed E-state index contributed by atoms with van der Waals surface area (Å²) in [5.41, 5.74) is -0.658. The van der Waals surface area contributed by atoms with Crippen LogP contribution in [0.15, 0.2) is 94.6 Å². The van der Waals surface area contributed by atoms with Gasteiger partial charge >= 0.3 is 11.9 Å². The fourth-order valence-corrected chi connectivity index (χ4v) is 7.14. The van der Waals surface area contributed by atoms with Gasteiger partial charge in [-0.25, -0.2) is 14.6 Å². The molecule has 48 heavy (non-hydrogen) atoms. The van der Waals surface area contributed by atoms with Crippen molar-refractivity contribution in [1.29, 1.82) is 0 Å². The number of carbonyl (C=O) groups is 5. The summed E-state index contributed by atoms with van der Waals surface area (Å²) >= 11 is 0.906. The summed E-state index contributed by atoms with van der Waals surface area (Å²) in [5, 5.41) is 17.9. The third-order valence-electron chi connectivity index (χ3n) is 6.86. The molecular formula is C30H23F2N5O9S2. The number of thiazole rings is 1. The van der Waals surface area contributed by atoms with Gasteiger partial charge in [-0.1, -0.05) is 65.8 Å². The second-order valence-electron chi connectivity index (χ2n) is 9.89. The number of carboxylic acids is 1. The largest absolute Gasteiger partial charge is 0.477 e. The number of anilines is 1. The molecule has 0 aliphatic carbocycles. The summed E-state index contributed by atoms with van der Waals surface area (Å²) in [6.45, 7) is -0.770. The van der Waals surface area contributed by atoms with Crippen molar-refractivity contribution in [3.05, 3.63) is 106 Å². The van der Waals surface area contributed by atoms with Crippen molar-refractivity contribution in [2.45, 2.75) is 17.5 Å². The molecule has 1 aromatic heterocycles. The molecule has 2 aliphatic heterocycles. The lowest BCUT2D eigenvalue weighted by Gasteiger charge is -2.48. The van der Waals surface area contributed by atoms with Crippen molar-refractivity contribution >= 4 is 63.1 Å². The van der Waals surface area contributed by atoms with E-state index in [0.717, 1.165) is 11.3 Å². The molecule has 248 valence electrons. The van der Waals surface area contributed by atoms with Crippen LogP contribution in [0.25, 0.3) is 0 Å². The van der Waals surface area contributed by atoms with Gasteiger partial charge in [0.15, 0.2) is 16.9 Å². The van der Waals surface area contributed by atoms with Crippen LogP contribution in [0.1, 0.15) is 22.9 Å². The predicted octanol–water partition coefficient (Wildman–Crippen LogP) is 2.30. The zero-order valence-corrected chi connectivity index (χ0v) is 25.9. The fraction of sp³-hybridized carbons (Fsp3) is 0.167. The Kier molecular flexibility index (Phi) is 10.4. The van der Waals surface area contributed by atoms with Crippen LogP contribution in [0.4, 0.5) is 13.9 Å². The lowest BCUT2D eigenvalue weighted by Crippen LogP contribution is -2.74. The number of oxime groups is 1. The van der Waals surface area contributed by atoms with Crippen molar-refractivity contribution in [3.8, 4) is 0 Å². The highest BCUT2D eigenvalue weighted by Gasteiger charge is 2.57. The lowest BCUT2D eigenvalue weighted by molar-refractivity contribution is -0.153. The Balaban J connectivity index is 1.34. The molecule has 14 nitrogen and oxygen atoms in total. The Morgan fingerprint density at radius 2 is 1.77 bits per heavy atom. The summed E-state index contributed by atoms with van der Waals surface area (Å²) in [7, 11) is -2.09. The number of fused-ring (bicyclic) bond motifs is 1. The summed E-state index contributed by atoms with van der Waals surface area (Å²) in [4.78, 5) is 71.8. The molecule has 5 rings (SSSR count). The highest BCUT2D eigenvalue weighted by atomic mass is 32.2. The van der Waals surface area contributed by atoms with E-state index < -0.39 is 87.5 Å².